The molecule has 0 radical (unpaired) electrons. The summed E-state index contributed by atoms with van der Waals surface area (Å²) in [5, 5.41) is 0. The van der Waals surface area contributed by atoms with Crippen LogP contribution >= 0.6 is 0 Å². The summed E-state index contributed by atoms with van der Waals surface area (Å²) in [5.41, 5.74) is 0. The molecule has 2 heterocycles. The highest BCUT2D eigenvalue weighted by molar-refractivity contribution is 7.87. The van der Waals surface area contributed by atoms with Gasteiger partial charge in [0.05, 0.1) is 6.54 Å². The van der Waals surface area contributed by atoms with Gasteiger partial charge >= 0.3 is 0 Å². The summed E-state index contributed by atoms with van der Waals surface area (Å²) in [7, 11) is -0.362. The minimum absolute atomic E-state index is 0.192. The fourth-order valence-corrected chi connectivity index (χ4v) is 4.10. The largest absolute Gasteiger partial charge is 0.341 e. The van der Waals surface area contributed by atoms with Crippen molar-refractivity contribution in [2.45, 2.75) is 38.5 Å². The normalized spacial score (nSPS) is 24.1. The highest BCUT2D eigenvalue weighted by Gasteiger charge is 2.26. The summed E-state index contributed by atoms with van der Waals surface area (Å²) < 4.78 is 27.4. The van der Waals surface area contributed by atoms with Gasteiger partial charge in [-0.2, -0.15) is 12.7 Å². The Morgan fingerprint density at radius 3 is 2.38 bits per heavy atom. The molecule has 1 amide bonds. The molecule has 0 unspecified atom stereocenters. The lowest BCUT2D eigenvalue weighted by molar-refractivity contribution is -0.134. The van der Waals surface area contributed by atoms with E-state index in [0.29, 0.717) is 19.6 Å². The van der Waals surface area contributed by atoms with E-state index in [1.807, 2.05) is 4.90 Å². The molecule has 0 aromatic carbocycles. The average Bonchev–Trinajstić information content (AvgIpc) is 2.82. The number of nitrogens with one attached hydrogen (secondary N) is 1. The van der Waals surface area contributed by atoms with Gasteiger partial charge in [-0.15, -0.1) is 0 Å². The molecule has 0 aromatic rings. The topological polar surface area (TPSA) is 73.0 Å². The van der Waals surface area contributed by atoms with Crippen LogP contribution in [-0.4, -0.2) is 81.8 Å². The molecular weight excluding hydrogens is 328 g/mol. The summed E-state index contributed by atoms with van der Waals surface area (Å²) in [6.07, 6.45) is 6.80. The zero-order chi connectivity index (χ0) is 17.6. The molecule has 1 atom stereocenters. The Balaban J connectivity index is 1.80. The van der Waals surface area contributed by atoms with Crippen molar-refractivity contribution in [3.8, 4) is 0 Å². The van der Waals surface area contributed by atoms with Gasteiger partial charge in [0.25, 0.3) is 10.2 Å². The molecule has 0 aromatic heterocycles. The number of piperidine rings is 1. The zero-order valence-electron chi connectivity index (χ0n) is 15.0. The Kier molecular flexibility index (Phi) is 7.46. The van der Waals surface area contributed by atoms with Crippen LogP contribution in [-0.2, 0) is 15.0 Å². The third-order valence-corrected chi connectivity index (χ3v) is 6.46. The lowest BCUT2D eigenvalue weighted by Gasteiger charge is -2.34. The number of nitrogens with zero attached hydrogens (tertiary/aromatic N) is 3. The second kappa shape index (κ2) is 9.12. The molecule has 2 fully saturated rings. The first-order chi connectivity index (χ1) is 11.4. The number of hydrogen-bond acceptors (Lipinski definition) is 4. The fraction of sp³-hybridized carbons (Fsp3) is 0.938. The first kappa shape index (κ1) is 19.6. The summed E-state index contributed by atoms with van der Waals surface area (Å²) in [6, 6.07) is 0. The highest BCUT2D eigenvalue weighted by atomic mass is 32.2. The predicted molar refractivity (Wildman–Crippen MR) is 94.8 cm³/mol. The first-order valence-electron chi connectivity index (χ1n) is 9.06. The van der Waals surface area contributed by atoms with E-state index in [2.05, 4.69) is 9.62 Å². The van der Waals surface area contributed by atoms with E-state index in [1.54, 1.807) is 0 Å². The lowest BCUT2D eigenvalue weighted by atomic mass is 9.98. The monoisotopic (exact) mass is 360 g/mol. The average molecular weight is 361 g/mol. The number of amides is 1. The van der Waals surface area contributed by atoms with Crippen LogP contribution in [0, 0.1) is 5.92 Å². The van der Waals surface area contributed by atoms with Crippen molar-refractivity contribution in [1.29, 1.82) is 0 Å². The Morgan fingerprint density at radius 1 is 1.08 bits per heavy atom. The zero-order valence-corrected chi connectivity index (χ0v) is 15.9. The summed E-state index contributed by atoms with van der Waals surface area (Å²) in [4.78, 5) is 16.8. The molecule has 24 heavy (non-hydrogen) atoms. The quantitative estimate of drug-likeness (QED) is 0.749. The number of likely N-dealkylation sites (tertiary alicyclic amines) is 2. The molecule has 0 bridgehead atoms. The van der Waals surface area contributed by atoms with Gasteiger partial charge in [-0.3, -0.25) is 9.69 Å². The molecule has 8 heteroatoms. The number of carbonyl (C=O) groups excluding carboxylic acids is 1. The molecule has 1 N–H and O–H groups in total. The molecule has 7 nitrogen and oxygen atoms in total. The van der Waals surface area contributed by atoms with E-state index in [1.165, 1.54) is 44.1 Å². The van der Waals surface area contributed by atoms with Crippen molar-refractivity contribution in [2.75, 3.05) is 53.4 Å². The fourth-order valence-electron chi connectivity index (χ4n) is 3.40. The van der Waals surface area contributed by atoms with Crippen LogP contribution in [0.2, 0.25) is 0 Å². The van der Waals surface area contributed by atoms with Crippen molar-refractivity contribution in [2.24, 2.45) is 5.92 Å². The lowest BCUT2D eigenvalue weighted by Crippen LogP contribution is -2.48. The molecule has 2 aliphatic heterocycles. The van der Waals surface area contributed by atoms with Crippen molar-refractivity contribution >= 4 is 16.1 Å². The van der Waals surface area contributed by atoms with Gasteiger partial charge in [-0.05, 0) is 44.7 Å². The van der Waals surface area contributed by atoms with Crippen LogP contribution in [0.3, 0.4) is 0 Å². The first-order valence-corrected chi connectivity index (χ1v) is 10.5. The smallest absolute Gasteiger partial charge is 0.278 e. The van der Waals surface area contributed by atoms with E-state index in [4.69, 9.17) is 0 Å². The molecule has 0 aliphatic carbocycles. The Morgan fingerprint density at radius 2 is 1.75 bits per heavy atom. The van der Waals surface area contributed by atoms with E-state index in [9.17, 15) is 13.2 Å². The molecule has 2 aliphatic rings. The summed E-state index contributed by atoms with van der Waals surface area (Å²) >= 11 is 0. The van der Waals surface area contributed by atoms with Gasteiger partial charge in [-0.1, -0.05) is 12.8 Å². The van der Waals surface area contributed by atoms with Crippen molar-refractivity contribution in [3.05, 3.63) is 0 Å². The molecule has 2 saturated heterocycles. The highest BCUT2D eigenvalue weighted by Crippen LogP contribution is 2.17. The minimum Gasteiger partial charge on any atom is -0.341 e. The maximum Gasteiger partial charge on any atom is 0.278 e. The second-order valence-corrected chi connectivity index (χ2v) is 9.14. The van der Waals surface area contributed by atoms with Gasteiger partial charge in [0.15, 0.2) is 0 Å². The summed E-state index contributed by atoms with van der Waals surface area (Å²) in [6.45, 7) is 4.40. The Bertz CT molecular complexity index is 501. The van der Waals surface area contributed by atoms with Crippen LogP contribution in [0.1, 0.15) is 38.5 Å². The number of hydrogen-bond donors (Lipinski definition) is 1. The van der Waals surface area contributed by atoms with Gasteiger partial charge in [0.2, 0.25) is 5.91 Å². The van der Waals surface area contributed by atoms with E-state index < -0.39 is 10.2 Å². The number of rotatable bonds is 6. The van der Waals surface area contributed by atoms with Gasteiger partial charge in [0.1, 0.15) is 0 Å². The molecule has 0 saturated carbocycles. The van der Waals surface area contributed by atoms with Gasteiger partial charge in [0, 0.05) is 33.7 Å². The maximum absolute atomic E-state index is 12.6. The van der Waals surface area contributed by atoms with Crippen molar-refractivity contribution in [1.82, 2.24) is 18.8 Å². The molecule has 140 valence electrons. The standard InChI is InChI=1S/C16H32N4O3S/c1-18(2)24(22,23)17-12-15-8-7-11-20(13-15)16(21)14-19-9-5-3-4-6-10-19/h15,17H,3-14H2,1-2H3/t15-/m1/s1. The maximum atomic E-state index is 12.6. The predicted octanol–water partition coefficient (Wildman–Crippen LogP) is 0.497. The van der Waals surface area contributed by atoms with Gasteiger partial charge < -0.3 is 4.90 Å². The number of carbonyl (C=O) groups is 1. The Labute approximate surface area is 146 Å². The minimum atomic E-state index is -3.39. The second-order valence-electron chi connectivity index (χ2n) is 7.17. The molecule has 2 rings (SSSR count). The van der Waals surface area contributed by atoms with Crippen LogP contribution in [0.4, 0.5) is 0 Å². The molecule has 0 spiro atoms. The van der Waals surface area contributed by atoms with Crippen LogP contribution < -0.4 is 4.72 Å². The van der Waals surface area contributed by atoms with Crippen molar-refractivity contribution in [3.63, 3.8) is 0 Å². The third-order valence-electron chi connectivity index (χ3n) is 4.96. The van der Waals surface area contributed by atoms with E-state index in [0.717, 1.165) is 32.5 Å². The van der Waals surface area contributed by atoms with Crippen LogP contribution in [0.15, 0.2) is 0 Å². The van der Waals surface area contributed by atoms with Crippen LogP contribution in [0.5, 0.6) is 0 Å². The van der Waals surface area contributed by atoms with Gasteiger partial charge in [-0.25, -0.2) is 4.72 Å². The Hall–Kier alpha value is -0.700. The van der Waals surface area contributed by atoms with Crippen molar-refractivity contribution < 1.29 is 13.2 Å². The van der Waals surface area contributed by atoms with Crippen LogP contribution in [0.25, 0.3) is 0 Å². The van der Waals surface area contributed by atoms with E-state index >= 15 is 0 Å². The molecular formula is C16H32N4O3S. The summed E-state index contributed by atoms with van der Waals surface area (Å²) in [5.74, 6) is 0.388. The SMILES string of the molecule is CN(C)S(=O)(=O)NC[C@H]1CCCN(C(=O)CN2CCCCCC2)C1. The van der Waals surface area contributed by atoms with E-state index in [-0.39, 0.29) is 11.8 Å². The third kappa shape index (κ3) is 5.98.